The number of rotatable bonds is 0. The number of nitrogens with zero attached hydrogens (tertiary/aromatic N) is 2. The fourth-order valence-electron chi connectivity index (χ4n) is 0.274. The second-order valence-electron chi connectivity index (χ2n) is 4.75. The zero-order valence-electron chi connectivity index (χ0n) is 9.71. The van der Waals surface area contributed by atoms with E-state index in [0.29, 0.717) is 0 Å². The van der Waals surface area contributed by atoms with Crippen LogP contribution in [0.5, 0.6) is 0 Å². The van der Waals surface area contributed by atoms with Crippen molar-refractivity contribution in [2.45, 2.75) is 52.6 Å². The minimum absolute atomic E-state index is 0.248. The fraction of sp³-hybridized carbons (Fsp3) is 0.800. The van der Waals surface area contributed by atoms with Crippen molar-refractivity contribution >= 4 is 12.2 Å². The van der Waals surface area contributed by atoms with Crippen LogP contribution in [0.25, 0.3) is 0 Å². The van der Waals surface area contributed by atoms with E-state index in [-0.39, 0.29) is 11.1 Å². The molecule has 80 valence electrons. The second-order valence-corrected chi connectivity index (χ2v) is 4.75. The van der Waals surface area contributed by atoms with Gasteiger partial charge in [0, 0.05) is 0 Å². The average Bonchev–Trinajstić information content (AvgIpc) is 1.81. The van der Waals surface area contributed by atoms with Crippen LogP contribution in [-0.2, 0) is 9.59 Å². The molecule has 0 aliphatic carbocycles. The van der Waals surface area contributed by atoms with Gasteiger partial charge in [-0.15, -0.1) is 0 Å². The van der Waals surface area contributed by atoms with Crippen molar-refractivity contribution in [2.75, 3.05) is 0 Å². The Labute approximate surface area is 85.1 Å². The molecule has 0 fully saturated rings. The Balaban J connectivity index is 0. The van der Waals surface area contributed by atoms with Crippen molar-refractivity contribution in [3.63, 3.8) is 0 Å². The third kappa shape index (κ3) is 22.4. The van der Waals surface area contributed by atoms with Crippen molar-refractivity contribution in [3.05, 3.63) is 0 Å². The number of isocyanates is 2. The summed E-state index contributed by atoms with van der Waals surface area (Å²) in [6.45, 7) is 11.1. The molecule has 14 heavy (non-hydrogen) atoms. The quantitative estimate of drug-likeness (QED) is 0.442. The van der Waals surface area contributed by atoms with Crippen LogP contribution in [0.4, 0.5) is 0 Å². The summed E-state index contributed by atoms with van der Waals surface area (Å²) < 4.78 is 0. The molecule has 0 rings (SSSR count). The zero-order chi connectivity index (χ0) is 11.8. The van der Waals surface area contributed by atoms with Gasteiger partial charge in [-0.3, -0.25) is 0 Å². The fourth-order valence-corrected chi connectivity index (χ4v) is 0.274. The van der Waals surface area contributed by atoms with Gasteiger partial charge in [0.05, 0.1) is 11.1 Å². The first-order chi connectivity index (χ1) is 6.12. The maximum absolute atomic E-state index is 9.53. The molecule has 0 spiro atoms. The lowest BCUT2D eigenvalue weighted by Crippen LogP contribution is -2.07. The number of carbonyl (C=O) groups excluding carboxylic acids is 2. The molecule has 0 heterocycles. The number of aliphatic imine (C=N–C) groups is 2. The average molecular weight is 198 g/mol. The van der Waals surface area contributed by atoms with Crippen molar-refractivity contribution in [3.8, 4) is 0 Å². The maximum atomic E-state index is 9.53. The molecule has 0 aromatic heterocycles. The van der Waals surface area contributed by atoms with Gasteiger partial charge >= 0.3 is 0 Å². The van der Waals surface area contributed by atoms with Crippen LogP contribution in [-0.4, -0.2) is 23.2 Å². The molecule has 0 aromatic carbocycles. The van der Waals surface area contributed by atoms with E-state index < -0.39 is 0 Å². The van der Waals surface area contributed by atoms with Crippen LogP contribution in [0.3, 0.4) is 0 Å². The lowest BCUT2D eigenvalue weighted by atomic mass is 10.1. The minimum Gasteiger partial charge on any atom is -0.211 e. The smallest absolute Gasteiger partial charge is 0.211 e. The molecule has 0 amide bonds. The van der Waals surface area contributed by atoms with Gasteiger partial charge in [0.1, 0.15) is 0 Å². The van der Waals surface area contributed by atoms with E-state index in [1.807, 2.05) is 41.5 Å². The van der Waals surface area contributed by atoms with Gasteiger partial charge in [0.2, 0.25) is 12.2 Å². The Hall–Kier alpha value is -1.24. The highest BCUT2D eigenvalue weighted by atomic mass is 16.1. The van der Waals surface area contributed by atoms with Crippen LogP contribution in [0.2, 0.25) is 0 Å². The van der Waals surface area contributed by atoms with Gasteiger partial charge in [0.25, 0.3) is 0 Å². The highest BCUT2D eigenvalue weighted by molar-refractivity contribution is 5.34. The van der Waals surface area contributed by atoms with E-state index in [9.17, 15) is 9.59 Å². The van der Waals surface area contributed by atoms with Crippen LogP contribution in [0.1, 0.15) is 41.5 Å². The summed E-state index contributed by atoms with van der Waals surface area (Å²) in [4.78, 5) is 26.0. The Morgan fingerprint density at radius 3 is 0.929 bits per heavy atom. The molecule has 0 aromatic rings. The topological polar surface area (TPSA) is 58.9 Å². The van der Waals surface area contributed by atoms with Crippen molar-refractivity contribution < 1.29 is 9.59 Å². The number of hydrogen-bond donors (Lipinski definition) is 0. The predicted molar refractivity (Wildman–Crippen MR) is 55.7 cm³/mol. The molecule has 4 heteroatoms. The highest BCUT2D eigenvalue weighted by Gasteiger charge is 2.04. The Kier molecular flexibility index (Phi) is 6.80. The van der Waals surface area contributed by atoms with E-state index in [0.717, 1.165) is 0 Å². The molecule has 4 nitrogen and oxygen atoms in total. The Morgan fingerprint density at radius 2 is 0.929 bits per heavy atom. The molecule has 0 aliphatic heterocycles. The molecule has 0 unspecified atom stereocenters. The summed E-state index contributed by atoms with van der Waals surface area (Å²) in [5, 5.41) is 0. The minimum atomic E-state index is -0.248. The normalized spacial score (nSPS) is 10.1. The lowest BCUT2D eigenvalue weighted by molar-refractivity contribution is 0.533. The summed E-state index contributed by atoms with van der Waals surface area (Å²) in [6, 6.07) is 0. The van der Waals surface area contributed by atoms with Gasteiger partial charge in [-0.1, -0.05) is 0 Å². The van der Waals surface area contributed by atoms with E-state index in [1.54, 1.807) is 0 Å². The molecule has 0 bridgehead atoms. The summed E-state index contributed by atoms with van der Waals surface area (Å²) in [7, 11) is 0. The van der Waals surface area contributed by atoms with Crippen LogP contribution >= 0.6 is 0 Å². The van der Waals surface area contributed by atoms with Crippen LogP contribution in [0, 0.1) is 0 Å². The molecule has 0 radical (unpaired) electrons. The van der Waals surface area contributed by atoms with Crippen LogP contribution < -0.4 is 0 Å². The van der Waals surface area contributed by atoms with Crippen molar-refractivity contribution in [2.24, 2.45) is 9.98 Å². The first kappa shape index (κ1) is 15.2. The van der Waals surface area contributed by atoms with E-state index in [2.05, 4.69) is 9.98 Å². The van der Waals surface area contributed by atoms with Crippen LogP contribution in [0.15, 0.2) is 9.98 Å². The van der Waals surface area contributed by atoms with E-state index in [1.165, 1.54) is 12.2 Å². The van der Waals surface area contributed by atoms with Gasteiger partial charge in [0.15, 0.2) is 0 Å². The third-order valence-corrected chi connectivity index (χ3v) is 0.762. The standard InChI is InChI=1S/2C5H9NO/c2*1-5(2,3)6-4-7/h2*1-3H3. The largest absolute Gasteiger partial charge is 0.235 e. The summed E-state index contributed by atoms with van der Waals surface area (Å²) >= 11 is 0. The maximum Gasteiger partial charge on any atom is 0.235 e. The van der Waals surface area contributed by atoms with Gasteiger partial charge in [-0.2, -0.15) is 0 Å². The molecule has 0 saturated carbocycles. The summed E-state index contributed by atoms with van der Waals surface area (Å²) in [6.07, 6.45) is 2.97. The summed E-state index contributed by atoms with van der Waals surface area (Å²) in [5.74, 6) is 0. The molecular weight excluding hydrogens is 180 g/mol. The van der Waals surface area contributed by atoms with Crippen molar-refractivity contribution in [1.82, 2.24) is 0 Å². The molecule has 0 N–H and O–H groups in total. The summed E-state index contributed by atoms with van der Waals surface area (Å²) in [5.41, 5.74) is -0.497. The lowest BCUT2D eigenvalue weighted by Gasteiger charge is -2.05. The molecule has 0 aliphatic rings. The third-order valence-electron chi connectivity index (χ3n) is 0.762. The SMILES string of the molecule is CC(C)(C)N=C=O.CC(C)(C)N=C=O. The first-order valence-electron chi connectivity index (χ1n) is 4.30. The van der Waals surface area contributed by atoms with Gasteiger partial charge in [-0.05, 0) is 41.5 Å². The first-order valence-corrected chi connectivity index (χ1v) is 4.30. The second kappa shape index (κ2) is 6.25. The monoisotopic (exact) mass is 198 g/mol. The molecular formula is C10H18N2O2. The van der Waals surface area contributed by atoms with E-state index >= 15 is 0 Å². The molecule has 0 atom stereocenters. The predicted octanol–water partition coefficient (Wildman–Crippen LogP) is 2.24. The Morgan fingerprint density at radius 1 is 0.714 bits per heavy atom. The van der Waals surface area contributed by atoms with E-state index in [4.69, 9.17) is 0 Å². The Bertz CT molecular complexity index is 218. The van der Waals surface area contributed by atoms with Crippen molar-refractivity contribution in [1.29, 1.82) is 0 Å². The zero-order valence-corrected chi connectivity index (χ0v) is 9.71. The highest BCUT2D eigenvalue weighted by Crippen LogP contribution is 2.03. The van der Waals surface area contributed by atoms with Gasteiger partial charge < -0.3 is 0 Å². The van der Waals surface area contributed by atoms with Gasteiger partial charge in [-0.25, -0.2) is 19.6 Å². The number of hydrogen-bond acceptors (Lipinski definition) is 4. The molecule has 0 saturated heterocycles.